The minimum Gasteiger partial charge on any atom is -0.484 e. The van der Waals surface area contributed by atoms with E-state index >= 15 is 0 Å². The van der Waals surface area contributed by atoms with E-state index in [2.05, 4.69) is 10.1 Å². The molecule has 0 aliphatic carbocycles. The van der Waals surface area contributed by atoms with Gasteiger partial charge in [-0.05, 0) is 54.8 Å². The number of rotatable bonds is 6. The Morgan fingerprint density at radius 1 is 1.11 bits per heavy atom. The summed E-state index contributed by atoms with van der Waals surface area (Å²) in [7, 11) is 0. The van der Waals surface area contributed by atoms with E-state index in [9.17, 15) is 18.0 Å². The van der Waals surface area contributed by atoms with Crippen molar-refractivity contribution in [1.82, 2.24) is 5.32 Å². The molecule has 1 heterocycles. The molecule has 0 bridgehead atoms. The van der Waals surface area contributed by atoms with E-state index in [1.165, 1.54) is 12.1 Å². The lowest BCUT2D eigenvalue weighted by molar-refractivity contribution is -0.153. The van der Waals surface area contributed by atoms with Crippen LogP contribution in [0.1, 0.15) is 22.3 Å². The zero-order valence-electron chi connectivity index (χ0n) is 15.5. The van der Waals surface area contributed by atoms with Crippen molar-refractivity contribution in [2.45, 2.75) is 33.0 Å². The molecule has 148 valence electrons. The van der Waals surface area contributed by atoms with E-state index < -0.39 is 12.8 Å². The molecule has 4 nitrogen and oxygen atoms in total. The van der Waals surface area contributed by atoms with Crippen LogP contribution in [-0.4, -0.2) is 18.7 Å². The van der Waals surface area contributed by atoms with Crippen molar-refractivity contribution in [1.29, 1.82) is 0 Å². The van der Waals surface area contributed by atoms with Gasteiger partial charge in [0.15, 0.2) is 6.61 Å². The molecule has 1 aromatic heterocycles. The molecule has 0 saturated heterocycles. The second-order valence-electron chi connectivity index (χ2n) is 6.69. The molecule has 0 aliphatic rings. The summed E-state index contributed by atoms with van der Waals surface area (Å²) in [6.07, 6.45) is -2.60. The summed E-state index contributed by atoms with van der Waals surface area (Å²) < 4.78 is 46.6. The number of aryl methyl sites for hydroxylation is 2. The fourth-order valence-electron chi connectivity index (χ4n) is 2.78. The molecule has 0 radical (unpaired) electrons. The van der Waals surface area contributed by atoms with Crippen LogP contribution in [0.2, 0.25) is 0 Å². The first-order valence-corrected chi connectivity index (χ1v) is 8.74. The van der Waals surface area contributed by atoms with Crippen LogP contribution < -0.4 is 10.1 Å². The van der Waals surface area contributed by atoms with Gasteiger partial charge in [-0.25, -0.2) is 0 Å². The van der Waals surface area contributed by atoms with Gasteiger partial charge >= 0.3 is 6.18 Å². The number of fused-ring (bicyclic) bond motifs is 1. The molecule has 0 atom stereocenters. The third kappa shape index (κ3) is 5.06. The van der Waals surface area contributed by atoms with Crippen molar-refractivity contribution in [2.75, 3.05) is 6.61 Å². The smallest absolute Gasteiger partial charge is 0.422 e. The van der Waals surface area contributed by atoms with Gasteiger partial charge in [-0.2, -0.15) is 13.2 Å². The zero-order valence-corrected chi connectivity index (χ0v) is 15.5. The molecule has 3 aromatic rings. The lowest BCUT2D eigenvalue weighted by atomic mass is 10.0. The molecule has 2 aromatic carbocycles. The molecular formula is C21H20F3NO3. The van der Waals surface area contributed by atoms with Crippen LogP contribution in [-0.2, 0) is 17.8 Å². The van der Waals surface area contributed by atoms with Gasteiger partial charge in [0.2, 0.25) is 5.91 Å². The standard InChI is InChI=1S/C21H20F3NO3/c1-13-7-18-16(11-27-19(18)8-14(13)2)9-20(26)25-10-15-3-5-17(6-4-15)28-12-21(22,23)24/h3-8,11H,9-10,12H2,1-2H3,(H,25,26). The van der Waals surface area contributed by atoms with Gasteiger partial charge in [-0.15, -0.1) is 0 Å². The Labute approximate surface area is 160 Å². The number of furan rings is 1. The van der Waals surface area contributed by atoms with E-state index in [-0.39, 0.29) is 24.6 Å². The minimum atomic E-state index is -4.37. The maximum atomic E-state index is 12.3. The second-order valence-corrected chi connectivity index (χ2v) is 6.69. The molecular weight excluding hydrogens is 371 g/mol. The molecule has 0 aliphatic heterocycles. The molecule has 0 fully saturated rings. The molecule has 0 unspecified atom stereocenters. The fourth-order valence-corrected chi connectivity index (χ4v) is 2.78. The van der Waals surface area contributed by atoms with Crippen LogP contribution >= 0.6 is 0 Å². The summed E-state index contributed by atoms with van der Waals surface area (Å²) in [6, 6.07) is 10.1. The predicted molar refractivity (Wildman–Crippen MR) is 99.2 cm³/mol. The summed E-state index contributed by atoms with van der Waals surface area (Å²) >= 11 is 0. The summed E-state index contributed by atoms with van der Waals surface area (Å²) in [6.45, 7) is 2.95. The highest BCUT2D eigenvalue weighted by atomic mass is 19.4. The first-order valence-electron chi connectivity index (χ1n) is 8.74. The van der Waals surface area contributed by atoms with E-state index in [1.54, 1.807) is 18.4 Å². The van der Waals surface area contributed by atoms with Crippen molar-refractivity contribution < 1.29 is 27.1 Å². The van der Waals surface area contributed by atoms with Crippen LogP contribution in [0.15, 0.2) is 47.1 Å². The number of ether oxygens (including phenoxy) is 1. The Morgan fingerprint density at radius 3 is 2.46 bits per heavy atom. The van der Waals surface area contributed by atoms with Crippen LogP contribution in [0, 0.1) is 13.8 Å². The highest BCUT2D eigenvalue weighted by Crippen LogP contribution is 2.25. The monoisotopic (exact) mass is 391 g/mol. The number of nitrogens with one attached hydrogen (secondary N) is 1. The molecule has 1 N–H and O–H groups in total. The topological polar surface area (TPSA) is 51.5 Å². The first-order chi connectivity index (χ1) is 13.2. The highest BCUT2D eigenvalue weighted by molar-refractivity contribution is 5.88. The molecule has 3 rings (SSSR count). The van der Waals surface area contributed by atoms with E-state index in [4.69, 9.17) is 4.42 Å². The molecule has 0 spiro atoms. The Balaban J connectivity index is 1.55. The number of carbonyl (C=O) groups is 1. The molecule has 1 amide bonds. The van der Waals surface area contributed by atoms with Crippen LogP contribution in [0.3, 0.4) is 0 Å². The van der Waals surface area contributed by atoms with Crippen molar-refractivity contribution >= 4 is 16.9 Å². The highest BCUT2D eigenvalue weighted by Gasteiger charge is 2.28. The minimum absolute atomic E-state index is 0.128. The first kappa shape index (κ1) is 19.8. The third-order valence-electron chi connectivity index (χ3n) is 4.44. The number of benzene rings is 2. The van der Waals surface area contributed by atoms with Crippen LogP contribution in [0.5, 0.6) is 5.75 Å². The molecule has 7 heteroatoms. The third-order valence-corrected chi connectivity index (χ3v) is 4.44. The summed E-state index contributed by atoms with van der Waals surface area (Å²) in [5, 5.41) is 3.72. The maximum absolute atomic E-state index is 12.3. The van der Waals surface area contributed by atoms with Crippen molar-refractivity contribution in [3.63, 3.8) is 0 Å². The number of hydrogen-bond donors (Lipinski definition) is 1. The van der Waals surface area contributed by atoms with E-state index in [1.807, 2.05) is 26.0 Å². The van der Waals surface area contributed by atoms with E-state index in [0.29, 0.717) is 0 Å². The maximum Gasteiger partial charge on any atom is 0.422 e. The van der Waals surface area contributed by atoms with Gasteiger partial charge in [0.05, 0.1) is 12.7 Å². The lowest BCUT2D eigenvalue weighted by Gasteiger charge is -2.10. The van der Waals surface area contributed by atoms with Gasteiger partial charge in [0, 0.05) is 17.5 Å². The fraction of sp³-hybridized carbons (Fsp3) is 0.286. The molecule has 0 saturated carbocycles. The Kier molecular flexibility index (Phi) is 5.63. The van der Waals surface area contributed by atoms with Crippen molar-refractivity contribution in [2.24, 2.45) is 0 Å². The van der Waals surface area contributed by atoms with Gasteiger partial charge in [0.25, 0.3) is 0 Å². The quantitative estimate of drug-likeness (QED) is 0.654. The van der Waals surface area contributed by atoms with Crippen LogP contribution in [0.4, 0.5) is 13.2 Å². The Hall–Kier alpha value is -2.96. The SMILES string of the molecule is Cc1cc2occ(CC(=O)NCc3ccc(OCC(F)(F)F)cc3)c2cc1C. The normalized spacial score (nSPS) is 11.6. The largest absolute Gasteiger partial charge is 0.484 e. The van der Waals surface area contributed by atoms with Gasteiger partial charge in [-0.1, -0.05) is 12.1 Å². The van der Waals surface area contributed by atoms with Gasteiger partial charge in [0.1, 0.15) is 11.3 Å². The predicted octanol–water partition coefficient (Wildman–Crippen LogP) is 4.85. The summed E-state index contributed by atoms with van der Waals surface area (Å²) in [5.41, 5.74) is 4.58. The van der Waals surface area contributed by atoms with Gasteiger partial charge in [-0.3, -0.25) is 4.79 Å². The van der Waals surface area contributed by atoms with Gasteiger partial charge < -0.3 is 14.5 Å². The molecule has 28 heavy (non-hydrogen) atoms. The Bertz CT molecular complexity index is 975. The number of halogens is 3. The number of carbonyl (C=O) groups excluding carboxylic acids is 1. The number of hydrogen-bond acceptors (Lipinski definition) is 3. The number of alkyl halides is 3. The van der Waals surface area contributed by atoms with Crippen LogP contribution in [0.25, 0.3) is 11.0 Å². The summed E-state index contributed by atoms with van der Waals surface area (Å²) in [4.78, 5) is 12.3. The van der Waals surface area contributed by atoms with Crippen molar-refractivity contribution in [3.8, 4) is 5.75 Å². The van der Waals surface area contributed by atoms with E-state index in [0.717, 1.165) is 33.2 Å². The average molecular weight is 391 g/mol. The number of amides is 1. The Morgan fingerprint density at radius 2 is 1.79 bits per heavy atom. The summed E-state index contributed by atoms with van der Waals surface area (Å²) in [5.74, 6) is -0.0405. The second kappa shape index (κ2) is 7.96. The average Bonchev–Trinajstić information content (AvgIpc) is 3.00. The van der Waals surface area contributed by atoms with Crippen molar-refractivity contribution in [3.05, 3.63) is 64.9 Å². The zero-order chi connectivity index (χ0) is 20.3. The lowest BCUT2D eigenvalue weighted by Crippen LogP contribution is -2.24.